The second kappa shape index (κ2) is 8.41. The molecule has 0 aliphatic carbocycles. The van der Waals surface area contributed by atoms with Crippen molar-refractivity contribution in [3.8, 4) is 11.3 Å². The van der Waals surface area contributed by atoms with Gasteiger partial charge < -0.3 is 9.63 Å². The maximum absolute atomic E-state index is 12.1. The van der Waals surface area contributed by atoms with E-state index in [2.05, 4.69) is 14.9 Å². The number of nitrogens with one attached hydrogen (secondary N) is 1. The van der Waals surface area contributed by atoms with Gasteiger partial charge in [-0.05, 0) is 25.0 Å². The largest absolute Gasteiger partial charge is 0.477 e. The summed E-state index contributed by atoms with van der Waals surface area (Å²) in [7, 11) is -3.57. The van der Waals surface area contributed by atoms with Crippen molar-refractivity contribution in [3.63, 3.8) is 0 Å². The fraction of sp³-hybridized carbons (Fsp3) is 0.400. The molecule has 138 valence electrons. The van der Waals surface area contributed by atoms with Gasteiger partial charge in [0.15, 0.2) is 5.76 Å². The van der Waals surface area contributed by atoms with E-state index in [4.69, 9.17) is 4.52 Å². The summed E-state index contributed by atoms with van der Waals surface area (Å²) >= 11 is 0. The zero-order chi connectivity index (χ0) is 17.9. The number of nitrogens with zero attached hydrogens (tertiary/aromatic N) is 2. The molecule has 0 saturated heterocycles. The van der Waals surface area contributed by atoms with Crippen LogP contribution in [0.5, 0.6) is 0 Å². The molecular weight excluding hydrogens is 370 g/mol. The van der Waals surface area contributed by atoms with E-state index in [9.17, 15) is 18.3 Å². The molecule has 0 unspecified atom stereocenters. The summed E-state index contributed by atoms with van der Waals surface area (Å²) in [5.74, 6) is -1.42. The highest BCUT2D eigenvalue weighted by atomic mass is 35.5. The fourth-order valence-corrected chi connectivity index (χ4v) is 3.93. The molecule has 0 radical (unpaired) electrons. The molecule has 2 aromatic rings. The number of hydrogen-bond acceptors (Lipinski definition) is 6. The molecule has 1 atom stereocenters. The second-order valence-corrected chi connectivity index (χ2v) is 7.63. The van der Waals surface area contributed by atoms with Crippen LogP contribution in [0.25, 0.3) is 11.3 Å². The Kier molecular flexibility index (Phi) is 7.09. The lowest BCUT2D eigenvalue weighted by Crippen LogP contribution is -2.31. The number of carbonyl (C=O) groups is 1. The Labute approximate surface area is 152 Å². The van der Waals surface area contributed by atoms with Crippen molar-refractivity contribution >= 4 is 28.4 Å². The van der Waals surface area contributed by atoms with E-state index < -0.39 is 22.0 Å². The first-order valence-electron chi connectivity index (χ1n) is 7.34. The summed E-state index contributed by atoms with van der Waals surface area (Å²) in [6, 6.07) is 2.43. The predicted octanol–water partition coefficient (Wildman–Crippen LogP) is 2.49. The molecular formula is C15H20ClN3O5S. The van der Waals surface area contributed by atoms with E-state index in [1.807, 2.05) is 0 Å². The Bertz CT molecular complexity index is 821. The van der Waals surface area contributed by atoms with Crippen LogP contribution >= 0.6 is 12.4 Å². The lowest BCUT2D eigenvalue weighted by Gasteiger charge is -2.13. The molecule has 0 bridgehead atoms. The van der Waals surface area contributed by atoms with Crippen molar-refractivity contribution in [1.82, 2.24) is 14.9 Å². The first kappa shape index (κ1) is 21.1. The third kappa shape index (κ3) is 5.25. The number of carboxylic acid groups (broad SMARTS) is 1. The first-order chi connectivity index (χ1) is 11.2. The van der Waals surface area contributed by atoms with Crippen molar-refractivity contribution in [2.45, 2.75) is 26.8 Å². The number of halogens is 1. The number of hydrogen-bond donors (Lipinski definition) is 2. The maximum Gasteiger partial charge on any atom is 0.341 e. The topological polar surface area (TPSA) is 122 Å². The molecule has 8 nitrogen and oxygen atoms in total. The molecule has 10 heteroatoms. The Balaban J connectivity index is 0.00000312. The molecule has 0 aliphatic heterocycles. The van der Waals surface area contributed by atoms with E-state index in [-0.39, 0.29) is 41.1 Å². The molecule has 25 heavy (non-hydrogen) atoms. The number of rotatable bonds is 7. The maximum atomic E-state index is 12.1. The Hall–Kier alpha value is -1.97. The fourth-order valence-electron chi connectivity index (χ4n) is 2.31. The molecule has 0 aromatic carbocycles. The number of pyridine rings is 1. The van der Waals surface area contributed by atoms with Crippen molar-refractivity contribution in [1.29, 1.82) is 0 Å². The second-order valence-electron chi connectivity index (χ2n) is 5.83. The molecule has 0 fully saturated rings. The number of aromatic nitrogens is 2. The van der Waals surface area contributed by atoms with E-state index >= 15 is 0 Å². The Morgan fingerprint density at radius 3 is 2.56 bits per heavy atom. The predicted molar refractivity (Wildman–Crippen MR) is 94.1 cm³/mol. The summed E-state index contributed by atoms with van der Waals surface area (Å²) < 4.78 is 31.7. The summed E-state index contributed by atoms with van der Waals surface area (Å²) in [5.41, 5.74) is 0.408. The van der Waals surface area contributed by atoms with Gasteiger partial charge in [0.1, 0.15) is 11.3 Å². The molecule has 0 aliphatic rings. The SMILES string of the molecule is CC(C)CS(=O)(=O)N[C@H](C)c1onc(-c2cccnc2)c1C(=O)O.Cl. The average molecular weight is 390 g/mol. The summed E-state index contributed by atoms with van der Waals surface area (Å²) in [6.07, 6.45) is 3.01. The van der Waals surface area contributed by atoms with Crippen LogP contribution in [0.2, 0.25) is 0 Å². The van der Waals surface area contributed by atoms with Crippen molar-refractivity contribution in [2.75, 3.05) is 5.75 Å². The Morgan fingerprint density at radius 2 is 2.04 bits per heavy atom. The molecule has 2 aromatic heterocycles. The normalized spacial score (nSPS) is 12.6. The van der Waals surface area contributed by atoms with Crippen molar-refractivity contribution in [2.24, 2.45) is 5.92 Å². The minimum absolute atomic E-state index is 0. The van der Waals surface area contributed by atoms with Gasteiger partial charge in [-0.25, -0.2) is 17.9 Å². The highest BCUT2D eigenvalue weighted by Gasteiger charge is 2.29. The quantitative estimate of drug-likeness (QED) is 0.745. The zero-order valence-electron chi connectivity index (χ0n) is 14.0. The van der Waals surface area contributed by atoms with Gasteiger partial charge in [-0.1, -0.05) is 19.0 Å². The van der Waals surface area contributed by atoms with Gasteiger partial charge in [-0.3, -0.25) is 4.98 Å². The van der Waals surface area contributed by atoms with Crippen molar-refractivity contribution < 1.29 is 22.8 Å². The van der Waals surface area contributed by atoms with E-state index in [0.29, 0.717) is 5.56 Å². The molecule has 2 N–H and O–H groups in total. The number of aromatic carboxylic acids is 1. The van der Waals surface area contributed by atoms with Gasteiger partial charge in [-0.2, -0.15) is 0 Å². The van der Waals surface area contributed by atoms with Crippen LogP contribution in [0.1, 0.15) is 42.9 Å². The minimum atomic E-state index is -3.57. The summed E-state index contributed by atoms with van der Waals surface area (Å²) in [4.78, 5) is 15.5. The van der Waals surface area contributed by atoms with Gasteiger partial charge in [0.05, 0.1) is 11.8 Å². The minimum Gasteiger partial charge on any atom is -0.477 e. The van der Waals surface area contributed by atoms with Gasteiger partial charge in [0.25, 0.3) is 0 Å². The van der Waals surface area contributed by atoms with Crippen LogP contribution in [0.3, 0.4) is 0 Å². The first-order valence-corrected chi connectivity index (χ1v) is 8.99. The lowest BCUT2D eigenvalue weighted by molar-refractivity contribution is 0.0694. The molecule has 0 saturated carbocycles. The third-order valence-corrected chi connectivity index (χ3v) is 4.99. The van der Waals surface area contributed by atoms with Crippen LogP contribution in [-0.2, 0) is 10.0 Å². The molecule has 2 rings (SSSR count). The molecule has 0 spiro atoms. The van der Waals surface area contributed by atoms with E-state index in [1.165, 1.54) is 13.1 Å². The smallest absolute Gasteiger partial charge is 0.341 e. The van der Waals surface area contributed by atoms with Gasteiger partial charge in [0, 0.05) is 18.0 Å². The third-order valence-electron chi connectivity index (χ3n) is 3.17. The van der Waals surface area contributed by atoms with Gasteiger partial charge in [-0.15, -0.1) is 12.4 Å². The Morgan fingerprint density at radius 1 is 1.36 bits per heavy atom. The van der Waals surface area contributed by atoms with Crippen LogP contribution in [-0.4, -0.2) is 35.4 Å². The van der Waals surface area contributed by atoms with Crippen LogP contribution in [0.4, 0.5) is 0 Å². The average Bonchev–Trinajstić information content (AvgIpc) is 2.91. The van der Waals surface area contributed by atoms with Crippen LogP contribution in [0, 0.1) is 5.92 Å². The summed E-state index contributed by atoms with van der Waals surface area (Å²) in [5, 5.41) is 13.3. The lowest BCUT2D eigenvalue weighted by atomic mass is 10.1. The standard InChI is InChI=1S/C15H19N3O5S.ClH/c1-9(2)8-24(21,22)18-10(3)14-12(15(19)20)13(17-23-14)11-5-4-6-16-7-11;/h4-7,9-10,18H,8H2,1-3H3,(H,19,20);1H/t10-;/m1./s1. The van der Waals surface area contributed by atoms with E-state index in [1.54, 1.807) is 32.2 Å². The van der Waals surface area contributed by atoms with E-state index in [0.717, 1.165) is 0 Å². The van der Waals surface area contributed by atoms with Crippen LogP contribution < -0.4 is 4.72 Å². The highest BCUT2D eigenvalue weighted by molar-refractivity contribution is 7.89. The monoisotopic (exact) mass is 389 g/mol. The molecule has 0 amide bonds. The zero-order valence-corrected chi connectivity index (χ0v) is 15.6. The number of sulfonamides is 1. The van der Waals surface area contributed by atoms with Gasteiger partial charge >= 0.3 is 5.97 Å². The van der Waals surface area contributed by atoms with Crippen LogP contribution in [0.15, 0.2) is 29.0 Å². The number of carboxylic acids is 1. The summed E-state index contributed by atoms with van der Waals surface area (Å²) in [6.45, 7) is 5.07. The van der Waals surface area contributed by atoms with Crippen molar-refractivity contribution in [3.05, 3.63) is 35.9 Å². The highest BCUT2D eigenvalue weighted by Crippen LogP contribution is 2.29. The van der Waals surface area contributed by atoms with Gasteiger partial charge in [0.2, 0.25) is 10.0 Å². The molecule has 2 heterocycles.